The average molecular weight is 237 g/mol. The lowest BCUT2D eigenvalue weighted by Gasteiger charge is -2.21. The zero-order chi connectivity index (χ0) is 13.3. The molecule has 0 saturated heterocycles. The largest absolute Gasteiger partial charge is 0.315 e. The fourth-order valence-electron chi connectivity index (χ4n) is 1.77. The monoisotopic (exact) mass is 237 g/mol. The van der Waals surface area contributed by atoms with E-state index in [1.165, 1.54) is 0 Å². The summed E-state index contributed by atoms with van der Waals surface area (Å²) >= 11 is 0. The van der Waals surface area contributed by atoms with E-state index in [1.54, 1.807) is 0 Å². The van der Waals surface area contributed by atoms with Gasteiger partial charge in [-0.1, -0.05) is 41.5 Å². The van der Waals surface area contributed by atoms with Gasteiger partial charge < -0.3 is 4.57 Å². The molecule has 0 radical (unpaired) electrons. The van der Waals surface area contributed by atoms with Crippen molar-refractivity contribution in [1.82, 2.24) is 14.8 Å². The summed E-state index contributed by atoms with van der Waals surface area (Å²) in [5.74, 6) is 2.16. The van der Waals surface area contributed by atoms with E-state index >= 15 is 0 Å². The van der Waals surface area contributed by atoms with Gasteiger partial charge in [-0.3, -0.25) is 0 Å². The van der Waals surface area contributed by atoms with Gasteiger partial charge in [-0.2, -0.15) is 0 Å². The van der Waals surface area contributed by atoms with E-state index in [1.807, 2.05) is 6.92 Å². The minimum atomic E-state index is 0.263. The Bertz CT molecular complexity index is 364. The molecule has 0 saturated carbocycles. The molecule has 0 N–H and O–H groups in total. The van der Waals surface area contributed by atoms with Crippen LogP contribution >= 0.6 is 0 Å². The van der Waals surface area contributed by atoms with Crippen LogP contribution in [0.15, 0.2) is 0 Å². The highest BCUT2D eigenvalue weighted by atomic mass is 15.3. The van der Waals surface area contributed by atoms with Crippen molar-refractivity contribution in [3.63, 3.8) is 0 Å². The second-order valence-electron chi connectivity index (χ2n) is 7.36. The van der Waals surface area contributed by atoms with Crippen molar-refractivity contribution >= 4 is 0 Å². The number of hydrogen-bond donors (Lipinski definition) is 0. The third kappa shape index (κ3) is 4.88. The van der Waals surface area contributed by atoms with Crippen molar-refractivity contribution < 1.29 is 0 Å². The summed E-state index contributed by atoms with van der Waals surface area (Å²) in [5.41, 5.74) is 0.620. The Morgan fingerprint density at radius 3 is 2.00 bits per heavy atom. The maximum Gasteiger partial charge on any atom is 0.133 e. The van der Waals surface area contributed by atoms with E-state index in [0.29, 0.717) is 5.41 Å². The summed E-state index contributed by atoms with van der Waals surface area (Å²) in [7, 11) is 0. The van der Waals surface area contributed by atoms with Crippen molar-refractivity contribution in [3.8, 4) is 0 Å². The summed E-state index contributed by atoms with van der Waals surface area (Å²) in [6.07, 6.45) is 2.14. The van der Waals surface area contributed by atoms with Crippen LogP contribution in [0.4, 0.5) is 0 Å². The highest BCUT2D eigenvalue weighted by Gasteiger charge is 2.19. The minimum Gasteiger partial charge on any atom is -0.315 e. The van der Waals surface area contributed by atoms with Gasteiger partial charge >= 0.3 is 0 Å². The molecule has 98 valence electrons. The van der Waals surface area contributed by atoms with Crippen LogP contribution in [0, 0.1) is 17.8 Å². The van der Waals surface area contributed by atoms with Crippen molar-refractivity contribution in [2.45, 2.75) is 67.9 Å². The normalized spacial score (nSPS) is 13.1. The number of aryl methyl sites for hydroxylation is 1. The zero-order valence-corrected chi connectivity index (χ0v) is 12.5. The molecule has 0 spiro atoms. The highest BCUT2D eigenvalue weighted by Crippen LogP contribution is 2.23. The predicted octanol–water partition coefficient (Wildman–Crippen LogP) is 3.61. The van der Waals surface area contributed by atoms with Gasteiger partial charge in [0.2, 0.25) is 0 Å². The topological polar surface area (TPSA) is 30.7 Å². The first-order valence-corrected chi connectivity index (χ1v) is 6.47. The smallest absolute Gasteiger partial charge is 0.133 e. The highest BCUT2D eigenvalue weighted by molar-refractivity contribution is 4.97. The Morgan fingerprint density at radius 2 is 1.53 bits per heavy atom. The van der Waals surface area contributed by atoms with E-state index in [-0.39, 0.29) is 5.41 Å². The number of rotatable bonds is 3. The molecule has 0 aliphatic carbocycles. The second kappa shape index (κ2) is 4.79. The molecule has 17 heavy (non-hydrogen) atoms. The molecule has 0 unspecified atom stereocenters. The van der Waals surface area contributed by atoms with Crippen LogP contribution in [0.3, 0.4) is 0 Å². The van der Waals surface area contributed by atoms with Gasteiger partial charge in [0.15, 0.2) is 0 Å². The zero-order valence-electron chi connectivity index (χ0n) is 12.5. The summed E-state index contributed by atoms with van der Waals surface area (Å²) < 4.78 is 2.27. The fourth-order valence-corrected chi connectivity index (χ4v) is 1.77. The Kier molecular flexibility index (Phi) is 4.00. The molecule has 1 aromatic heterocycles. The lowest BCUT2D eigenvalue weighted by Crippen LogP contribution is -2.17. The second-order valence-corrected chi connectivity index (χ2v) is 7.36. The first-order valence-electron chi connectivity index (χ1n) is 6.47. The van der Waals surface area contributed by atoms with Crippen LogP contribution < -0.4 is 0 Å². The third-order valence-electron chi connectivity index (χ3n) is 2.79. The Balaban J connectivity index is 2.80. The maximum absolute atomic E-state index is 4.31. The van der Waals surface area contributed by atoms with Crippen LogP contribution in [0.1, 0.15) is 59.6 Å². The van der Waals surface area contributed by atoms with E-state index in [9.17, 15) is 0 Å². The van der Waals surface area contributed by atoms with Gasteiger partial charge in [0.1, 0.15) is 11.6 Å². The standard InChI is InChI=1S/C14H27N3/c1-11-15-16-12(10-14(5,6)7)17(11)9-8-13(2,3)4/h8-10H2,1-7H3. The number of hydrogen-bond acceptors (Lipinski definition) is 2. The van der Waals surface area contributed by atoms with Crippen LogP contribution in [0.25, 0.3) is 0 Å². The molecular weight excluding hydrogens is 210 g/mol. The van der Waals surface area contributed by atoms with Crippen molar-refractivity contribution in [2.75, 3.05) is 0 Å². The van der Waals surface area contributed by atoms with E-state index in [4.69, 9.17) is 0 Å². The molecule has 0 aliphatic heterocycles. The van der Waals surface area contributed by atoms with Crippen LogP contribution in [0.5, 0.6) is 0 Å². The average Bonchev–Trinajstić information content (AvgIpc) is 2.40. The van der Waals surface area contributed by atoms with Crippen molar-refractivity contribution in [2.24, 2.45) is 10.8 Å². The summed E-state index contributed by atoms with van der Waals surface area (Å²) in [6.45, 7) is 16.6. The Hall–Kier alpha value is -0.860. The van der Waals surface area contributed by atoms with Gasteiger partial charge in [0.05, 0.1) is 0 Å². The summed E-state index contributed by atoms with van der Waals surface area (Å²) in [6, 6.07) is 0. The molecule has 3 heteroatoms. The van der Waals surface area contributed by atoms with Crippen LogP contribution in [-0.2, 0) is 13.0 Å². The first-order chi connectivity index (χ1) is 7.58. The van der Waals surface area contributed by atoms with Crippen molar-refractivity contribution in [3.05, 3.63) is 11.6 Å². The maximum atomic E-state index is 4.31. The predicted molar refractivity (Wildman–Crippen MR) is 72.0 cm³/mol. The number of nitrogens with zero attached hydrogens (tertiary/aromatic N) is 3. The molecule has 1 aromatic rings. The lowest BCUT2D eigenvalue weighted by atomic mass is 9.91. The lowest BCUT2D eigenvalue weighted by molar-refractivity contribution is 0.336. The summed E-state index contributed by atoms with van der Waals surface area (Å²) in [4.78, 5) is 0. The van der Waals surface area contributed by atoms with E-state index in [0.717, 1.165) is 31.0 Å². The van der Waals surface area contributed by atoms with Crippen LogP contribution in [0.2, 0.25) is 0 Å². The van der Waals surface area contributed by atoms with Gasteiger partial charge in [-0.05, 0) is 24.2 Å². The molecule has 0 atom stereocenters. The molecule has 0 aromatic carbocycles. The summed E-state index contributed by atoms with van der Waals surface area (Å²) in [5, 5.41) is 8.53. The minimum absolute atomic E-state index is 0.263. The van der Waals surface area contributed by atoms with Crippen molar-refractivity contribution in [1.29, 1.82) is 0 Å². The van der Waals surface area contributed by atoms with Gasteiger partial charge in [-0.15, -0.1) is 10.2 Å². The molecule has 0 bridgehead atoms. The molecule has 1 rings (SSSR count). The first kappa shape index (κ1) is 14.2. The molecule has 0 amide bonds. The van der Waals surface area contributed by atoms with Gasteiger partial charge in [0, 0.05) is 13.0 Å². The number of aromatic nitrogens is 3. The van der Waals surface area contributed by atoms with Gasteiger partial charge in [0.25, 0.3) is 0 Å². The quantitative estimate of drug-likeness (QED) is 0.804. The Labute approximate surface area is 106 Å². The molecule has 0 fully saturated rings. The molecule has 3 nitrogen and oxygen atoms in total. The molecular formula is C14H27N3. The Morgan fingerprint density at radius 1 is 0.941 bits per heavy atom. The molecule has 1 heterocycles. The SMILES string of the molecule is Cc1nnc(CC(C)(C)C)n1CCC(C)(C)C. The molecule has 0 aliphatic rings. The third-order valence-corrected chi connectivity index (χ3v) is 2.79. The van der Waals surface area contributed by atoms with E-state index in [2.05, 4.69) is 56.3 Å². The van der Waals surface area contributed by atoms with Crippen LogP contribution in [-0.4, -0.2) is 14.8 Å². The van der Waals surface area contributed by atoms with E-state index < -0.39 is 0 Å². The fraction of sp³-hybridized carbons (Fsp3) is 0.857. The van der Waals surface area contributed by atoms with Gasteiger partial charge in [-0.25, -0.2) is 0 Å².